The first-order valence-electron chi connectivity index (χ1n) is 6.82. The lowest BCUT2D eigenvalue weighted by Crippen LogP contribution is -2.02. The van der Waals surface area contributed by atoms with Gasteiger partial charge in [0.2, 0.25) is 0 Å². The average molecular weight is 320 g/mol. The molecule has 120 valence electrons. The van der Waals surface area contributed by atoms with Crippen molar-refractivity contribution in [2.45, 2.75) is 13.2 Å². The van der Waals surface area contributed by atoms with Gasteiger partial charge in [-0.3, -0.25) is 0 Å². The minimum Gasteiger partial charge on any atom is -0.364 e. The molecule has 5 heteroatoms. The lowest BCUT2D eigenvalue weighted by Gasteiger charge is -2.11. The second-order valence-electron chi connectivity index (χ2n) is 4.89. The van der Waals surface area contributed by atoms with Crippen molar-refractivity contribution in [1.82, 2.24) is 0 Å². The summed E-state index contributed by atoms with van der Waals surface area (Å²) in [5.41, 5.74) is 0.699. The molecule has 0 radical (unpaired) electrons. The van der Waals surface area contributed by atoms with Crippen molar-refractivity contribution in [2.75, 3.05) is 0 Å². The highest BCUT2D eigenvalue weighted by Gasteiger charge is 2.18. The minimum atomic E-state index is -2.09. The normalized spacial score (nSPS) is 11.9. The summed E-state index contributed by atoms with van der Waals surface area (Å²) in [6.45, 7) is 4.91. The van der Waals surface area contributed by atoms with E-state index in [1.54, 1.807) is 25.1 Å². The molecule has 0 atom stereocenters. The van der Waals surface area contributed by atoms with Crippen molar-refractivity contribution in [2.24, 2.45) is 0 Å². The Bertz CT molecular complexity index is 763. The number of benzene rings is 2. The van der Waals surface area contributed by atoms with Crippen LogP contribution < -0.4 is 0 Å². The highest BCUT2D eigenvalue weighted by molar-refractivity contribution is 5.78. The van der Waals surface area contributed by atoms with E-state index >= 15 is 0 Å². The van der Waals surface area contributed by atoms with E-state index in [9.17, 15) is 13.2 Å². The summed E-state index contributed by atoms with van der Waals surface area (Å²) in [5.74, 6) is -3.07. The fourth-order valence-electron chi connectivity index (χ4n) is 2.30. The summed E-state index contributed by atoms with van der Waals surface area (Å²) in [6, 6.07) is 8.55. The lowest BCUT2D eigenvalue weighted by atomic mass is 9.98. The molecule has 2 rings (SSSR count). The number of allylic oxidation sites excluding steroid dienone is 3. The standard InChI is InChI=1S/C18H15F3O2/c1-3-13(10(2)19)11-4-6-12(7-5-11)14-8-9-15(18(22)23)17(21)16(14)20/h3-9,18,22-23H,2H2,1H3/b13-3+. The Labute approximate surface area is 131 Å². The van der Waals surface area contributed by atoms with Gasteiger partial charge in [-0.25, -0.2) is 13.2 Å². The molecule has 0 spiro atoms. The van der Waals surface area contributed by atoms with Crippen molar-refractivity contribution in [3.05, 3.63) is 77.6 Å². The van der Waals surface area contributed by atoms with Crippen LogP contribution in [0, 0.1) is 11.6 Å². The molecule has 0 aliphatic rings. The SMILES string of the molecule is C=C(F)/C(=C\C)c1ccc(-c2ccc(C(O)O)c(F)c2F)cc1. The summed E-state index contributed by atoms with van der Waals surface area (Å²) in [7, 11) is 0. The van der Waals surface area contributed by atoms with Crippen LogP contribution in [0.15, 0.2) is 54.9 Å². The van der Waals surface area contributed by atoms with Gasteiger partial charge >= 0.3 is 0 Å². The van der Waals surface area contributed by atoms with E-state index in [4.69, 9.17) is 10.2 Å². The predicted molar refractivity (Wildman–Crippen MR) is 82.9 cm³/mol. The fraction of sp³-hybridized carbons (Fsp3) is 0.111. The zero-order chi connectivity index (χ0) is 17.1. The Morgan fingerprint density at radius 2 is 1.65 bits per heavy atom. The largest absolute Gasteiger partial charge is 0.364 e. The van der Waals surface area contributed by atoms with Gasteiger partial charge in [-0.1, -0.05) is 49.1 Å². The second kappa shape index (κ2) is 6.81. The number of hydrogen-bond acceptors (Lipinski definition) is 2. The molecule has 2 aromatic rings. The van der Waals surface area contributed by atoms with Gasteiger partial charge in [0.1, 0.15) is 5.83 Å². The molecule has 0 unspecified atom stereocenters. The third-order valence-electron chi connectivity index (χ3n) is 3.48. The number of halogens is 3. The maximum Gasteiger partial charge on any atom is 0.181 e. The summed E-state index contributed by atoms with van der Waals surface area (Å²) in [5, 5.41) is 17.9. The second-order valence-corrected chi connectivity index (χ2v) is 4.89. The first-order valence-corrected chi connectivity index (χ1v) is 6.82. The molecule has 0 saturated carbocycles. The molecule has 0 saturated heterocycles. The Morgan fingerprint density at radius 3 is 2.13 bits per heavy atom. The monoisotopic (exact) mass is 320 g/mol. The molecule has 2 aromatic carbocycles. The van der Waals surface area contributed by atoms with Crippen LogP contribution in [0.25, 0.3) is 16.7 Å². The van der Waals surface area contributed by atoms with E-state index in [0.717, 1.165) is 6.07 Å². The molecule has 0 aromatic heterocycles. The third-order valence-corrected chi connectivity index (χ3v) is 3.48. The Morgan fingerprint density at radius 1 is 1.04 bits per heavy atom. The van der Waals surface area contributed by atoms with Gasteiger partial charge in [0, 0.05) is 16.7 Å². The van der Waals surface area contributed by atoms with Crippen molar-refractivity contribution < 1.29 is 23.4 Å². The van der Waals surface area contributed by atoms with E-state index in [1.165, 1.54) is 18.2 Å². The quantitative estimate of drug-likeness (QED) is 0.643. The van der Waals surface area contributed by atoms with Crippen molar-refractivity contribution in [1.29, 1.82) is 0 Å². The van der Waals surface area contributed by atoms with E-state index in [0.29, 0.717) is 16.7 Å². The van der Waals surface area contributed by atoms with E-state index < -0.39 is 29.3 Å². The maximum atomic E-state index is 14.1. The lowest BCUT2D eigenvalue weighted by molar-refractivity contribution is -0.0453. The number of rotatable bonds is 4. The molecule has 0 fully saturated rings. The van der Waals surface area contributed by atoms with Gasteiger partial charge in [-0.15, -0.1) is 0 Å². The molecule has 2 N–H and O–H groups in total. The smallest absolute Gasteiger partial charge is 0.181 e. The van der Waals surface area contributed by atoms with Crippen LogP contribution in [0.4, 0.5) is 13.2 Å². The van der Waals surface area contributed by atoms with Crippen LogP contribution in [0.1, 0.15) is 24.3 Å². The number of aliphatic hydroxyl groups is 2. The van der Waals surface area contributed by atoms with E-state index in [-0.39, 0.29) is 5.56 Å². The molecule has 0 heterocycles. The fourth-order valence-corrected chi connectivity index (χ4v) is 2.30. The topological polar surface area (TPSA) is 40.5 Å². The molecular formula is C18H15F3O2. The molecular weight excluding hydrogens is 305 g/mol. The molecule has 23 heavy (non-hydrogen) atoms. The van der Waals surface area contributed by atoms with Crippen molar-refractivity contribution in [3.63, 3.8) is 0 Å². The highest BCUT2D eigenvalue weighted by Crippen LogP contribution is 2.30. The van der Waals surface area contributed by atoms with Crippen LogP contribution in [-0.4, -0.2) is 10.2 Å². The first kappa shape index (κ1) is 17.0. The zero-order valence-electron chi connectivity index (χ0n) is 12.4. The summed E-state index contributed by atoms with van der Waals surface area (Å²) >= 11 is 0. The molecule has 0 aliphatic heterocycles. The summed E-state index contributed by atoms with van der Waals surface area (Å²) in [4.78, 5) is 0. The van der Waals surface area contributed by atoms with Gasteiger partial charge in [-0.2, -0.15) is 0 Å². The molecule has 0 bridgehead atoms. The average Bonchev–Trinajstić information content (AvgIpc) is 2.51. The highest BCUT2D eigenvalue weighted by atomic mass is 19.2. The maximum absolute atomic E-state index is 14.1. The first-order chi connectivity index (χ1) is 10.9. The van der Waals surface area contributed by atoms with Crippen LogP contribution >= 0.6 is 0 Å². The Hall–Kier alpha value is -2.37. The Kier molecular flexibility index (Phi) is 5.03. The summed E-state index contributed by atoms with van der Waals surface area (Å²) < 4.78 is 41.2. The van der Waals surface area contributed by atoms with Gasteiger partial charge < -0.3 is 10.2 Å². The zero-order valence-corrected chi connectivity index (χ0v) is 12.4. The van der Waals surface area contributed by atoms with Crippen LogP contribution in [-0.2, 0) is 0 Å². The predicted octanol–water partition coefficient (Wildman–Crippen LogP) is 4.50. The number of aliphatic hydroxyl groups excluding tert-OH is 1. The summed E-state index contributed by atoms with van der Waals surface area (Å²) in [6.07, 6.45) is -0.525. The van der Waals surface area contributed by atoms with Crippen LogP contribution in [0.3, 0.4) is 0 Å². The van der Waals surface area contributed by atoms with Crippen molar-refractivity contribution in [3.8, 4) is 11.1 Å². The molecule has 0 amide bonds. The van der Waals surface area contributed by atoms with Crippen LogP contribution in [0.2, 0.25) is 0 Å². The van der Waals surface area contributed by atoms with Gasteiger partial charge in [0.25, 0.3) is 0 Å². The van der Waals surface area contributed by atoms with Crippen LogP contribution in [0.5, 0.6) is 0 Å². The van der Waals surface area contributed by atoms with E-state index in [1.807, 2.05) is 0 Å². The van der Waals surface area contributed by atoms with Gasteiger partial charge in [0.15, 0.2) is 17.9 Å². The van der Waals surface area contributed by atoms with Crippen molar-refractivity contribution >= 4 is 5.57 Å². The number of hydrogen-bond donors (Lipinski definition) is 2. The third kappa shape index (κ3) is 3.36. The molecule has 0 aliphatic carbocycles. The van der Waals surface area contributed by atoms with Gasteiger partial charge in [0.05, 0.1) is 0 Å². The van der Waals surface area contributed by atoms with Gasteiger partial charge in [-0.05, 0) is 18.1 Å². The molecule has 2 nitrogen and oxygen atoms in total. The van der Waals surface area contributed by atoms with E-state index in [2.05, 4.69) is 6.58 Å². The minimum absolute atomic E-state index is 0.0282. The Balaban J connectivity index is 2.45.